The summed E-state index contributed by atoms with van der Waals surface area (Å²) in [6, 6.07) is 5.99. The molecule has 0 spiro atoms. The summed E-state index contributed by atoms with van der Waals surface area (Å²) >= 11 is 3.49. The van der Waals surface area contributed by atoms with E-state index < -0.39 is 0 Å². The zero-order valence-corrected chi connectivity index (χ0v) is 13.4. The first-order chi connectivity index (χ1) is 9.60. The molecular formula is C15H18BrN3O. The summed E-state index contributed by atoms with van der Waals surface area (Å²) in [6.45, 7) is 4.94. The number of rotatable bonds is 5. The first kappa shape index (κ1) is 14.9. The van der Waals surface area contributed by atoms with Gasteiger partial charge in [0.2, 0.25) is 5.88 Å². The Bertz CT molecular complexity index is 587. The van der Waals surface area contributed by atoms with Crippen LogP contribution in [0.5, 0.6) is 11.6 Å². The zero-order valence-electron chi connectivity index (χ0n) is 11.9. The fourth-order valence-electron chi connectivity index (χ4n) is 1.88. The Morgan fingerprint density at radius 3 is 2.80 bits per heavy atom. The molecule has 1 N–H and O–H groups in total. The van der Waals surface area contributed by atoms with Crippen LogP contribution in [0, 0.1) is 0 Å². The molecule has 0 amide bonds. The molecule has 2 rings (SSSR count). The Hall–Kier alpha value is -1.46. The SMILES string of the molecule is CNCc1cncc(Oc2ccc(Br)cc2C(C)C)n1. The standard InChI is InChI=1S/C15H18BrN3O/c1-10(2)13-6-11(16)4-5-14(13)20-15-9-18-8-12(19-15)7-17-3/h4-6,8-10,17H,7H2,1-3H3. The molecule has 0 fully saturated rings. The quantitative estimate of drug-likeness (QED) is 0.900. The van der Waals surface area contributed by atoms with Gasteiger partial charge in [0.15, 0.2) is 0 Å². The molecule has 106 valence electrons. The Morgan fingerprint density at radius 2 is 2.10 bits per heavy atom. The number of nitrogens with zero attached hydrogens (tertiary/aromatic N) is 2. The van der Waals surface area contributed by atoms with Gasteiger partial charge in [-0.05, 0) is 36.7 Å². The van der Waals surface area contributed by atoms with Crippen LogP contribution in [-0.4, -0.2) is 17.0 Å². The van der Waals surface area contributed by atoms with Crippen molar-refractivity contribution in [3.05, 3.63) is 46.3 Å². The lowest BCUT2D eigenvalue weighted by Crippen LogP contribution is -2.07. The molecule has 0 saturated carbocycles. The Kier molecular flexibility index (Phi) is 5.09. The highest BCUT2D eigenvalue weighted by atomic mass is 79.9. The molecule has 1 aromatic carbocycles. The van der Waals surface area contributed by atoms with E-state index in [1.54, 1.807) is 12.4 Å². The van der Waals surface area contributed by atoms with E-state index in [1.807, 2.05) is 19.2 Å². The van der Waals surface area contributed by atoms with Crippen LogP contribution in [0.3, 0.4) is 0 Å². The van der Waals surface area contributed by atoms with Crippen molar-refractivity contribution >= 4 is 15.9 Å². The predicted molar refractivity (Wildman–Crippen MR) is 83.1 cm³/mol. The van der Waals surface area contributed by atoms with Gasteiger partial charge in [0, 0.05) is 17.2 Å². The molecule has 0 aliphatic carbocycles. The molecule has 0 radical (unpaired) electrons. The molecule has 0 aliphatic heterocycles. The van der Waals surface area contributed by atoms with Crippen molar-refractivity contribution in [1.29, 1.82) is 0 Å². The van der Waals surface area contributed by atoms with Crippen LogP contribution in [0.1, 0.15) is 31.0 Å². The highest BCUT2D eigenvalue weighted by Gasteiger charge is 2.10. The zero-order chi connectivity index (χ0) is 14.5. The number of nitrogens with one attached hydrogen (secondary N) is 1. The number of halogens is 1. The van der Waals surface area contributed by atoms with Crippen LogP contribution in [-0.2, 0) is 6.54 Å². The second-order valence-electron chi connectivity index (χ2n) is 4.82. The van der Waals surface area contributed by atoms with Gasteiger partial charge in [-0.25, -0.2) is 4.98 Å². The smallest absolute Gasteiger partial charge is 0.238 e. The maximum atomic E-state index is 5.89. The Balaban J connectivity index is 2.27. The summed E-state index contributed by atoms with van der Waals surface area (Å²) in [7, 11) is 1.88. The number of hydrogen-bond donors (Lipinski definition) is 1. The van der Waals surface area contributed by atoms with Gasteiger partial charge in [-0.3, -0.25) is 4.98 Å². The Labute approximate surface area is 127 Å². The van der Waals surface area contributed by atoms with E-state index >= 15 is 0 Å². The lowest BCUT2D eigenvalue weighted by atomic mass is 10.0. The number of aromatic nitrogens is 2. The van der Waals surface area contributed by atoms with Crippen LogP contribution in [0.15, 0.2) is 35.1 Å². The summed E-state index contributed by atoms with van der Waals surface area (Å²) in [5.41, 5.74) is 1.99. The molecule has 0 unspecified atom stereocenters. The first-order valence-corrected chi connectivity index (χ1v) is 7.32. The highest BCUT2D eigenvalue weighted by molar-refractivity contribution is 9.10. The molecule has 5 heteroatoms. The van der Waals surface area contributed by atoms with Crippen molar-refractivity contribution in [3.8, 4) is 11.6 Å². The van der Waals surface area contributed by atoms with Gasteiger partial charge in [0.25, 0.3) is 0 Å². The third-order valence-corrected chi connectivity index (χ3v) is 3.32. The monoisotopic (exact) mass is 335 g/mol. The molecule has 20 heavy (non-hydrogen) atoms. The average molecular weight is 336 g/mol. The van der Waals surface area contributed by atoms with Gasteiger partial charge in [-0.1, -0.05) is 29.8 Å². The van der Waals surface area contributed by atoms with Crippen LogP contribution in [0.2, 0.25) is 0 Å². The lowest BCUT2D eigenvalue weighted by Gasteiger charge is -2.13. The van der Waals surface area contributed by atoms with Gasteiger partial charge in [0.05, 0.1) is 11.9 Å². The second kappa shape index (κ2) is 6.81. The normalized spacial score (nSPS) is 10.8. The van der Waals surface area contributed by atoms with Gasteiger partial charge in [-0.2, -0.15) is 0 Å². The van der Waals surface area contributed by atoms with E-state index in [-0.39, 0.29) is 0 Å². The summed E-state index contributed by atoms with van der Waals surface area (Å²) in [4.78, 5) is 8.58. The van der Waals surface area contributed by atoms with Crippen molar-refractivity contribution in [1.82, 2.24) is 15.3 Å². The van der Waals surface area contributed by atoms with Crippen LogP contribution < -0.4 is 10.1 Å². The van der Waals surface area contributed by atoms with Crippen LogP contribution in [0.25, 0.3) is 0 Å². The third kappa shape index (κ3) is 3.77. The van der Waals surface area contributed by atoms with Crippen molar-refractivity contribution in [2.24, 2.45) is 0 Å². The van der Waals surface area contributed by atoms with E-state index in [0.29, 0.717) is 18.3 Å². The summed E-state index contributed by atoms with van der Waals surface area (Å²) in [5.74, 6) is 1.71. The molecular weight excluding hydrogens is 318 g/mol. The van der Waals surface area contributed by atoms with E-state index in [2.05, 4.69) is 51.1 Å². The van der Waals surface area contributed by atoms with Gasteiger partial charge < -0.3 is 10.1 Å². The topological polar surface area (TPSA) is 47.0 Å². The maximum Gasteiger partial charge on any atom is 0.238 e. The summed E-state index contributed by atoms with van der Waals surface area (Å²) < 4.78 is 6.94. The van der Waals surface area contributed by atoms with Crippen molar-refractivity contribution in [2.45, 2.75) is 26.3 Å². The fourth-order valence-corrected chi connectivity index (χ4v) is 2.26. The minimum Gasteiger partial charge on any atom is -0.437 e. The summed E-state index contributed by atoms with van der Waals surface area (Å²) in [5, 5.41) is 3.05. The van der Waals surface area contributed by atoms with Crippen LogP contribution >= 0.6 is 15.9 Å². The molecule has 1 heterocycles. The van der Waals surface area contributed by atoms with Gasteiger partial charge in [-0.15, -0.1) is 0 Å². The maximum absolute atomic E-state index is 5.89. The highest BCUT2D eigenvalue weighted by Crippen LogP contribution is 2.32. The third-order valence-electron chi connectivity index (χ3n) is 2.83. The summed E-state index contributed by atoms with van der Waals surface area (Å²) in [6.07, 6.45) is 3.36. The molecule has 0 bridgehead atoms. The molecule has 0 aliphatic rings. The molecule has 0 atom stereocenters. The fraction of sp³-hybridized carbons (Fsp3) is 0.333. The number of ether oxygens (including phenoxy) is 1. The second-order valence-corrected chi connectivity index (χ2v) is 5.73. The molecule has 2 aromatic rings. The minimum absolute atomic E-state index is 0.371. The first-order valence-electron chi connectivity index (χ1n) is 6.53. The van der Waals surface area contributed by atoms with E-state index in [0.717, 1.165) is 21.5 Å². The van der Waals surface area contributed by atoms with Crippen molar-refractivity contribution < 1.29 is 4.74 Å². The minimum atomic E-state index is 0.371. The van der Waals surface area contributed by atoms with Crippen LogP contribution in [0.4, 0.5) is 0 Å². The van der Waals surface area contributed by atoms with Gasteiger partial charge in [0.1, 0.15) is 5.75 Å². The van der Waals surface area contributed by atoms with E-state index in [4.69, 9.17) is 4.74 Å². The molecule has 1 aromatic heterocycles. The van der Waals surface area contributed by atoms with E-state index in [9.17, 15) is 0 Å². The number of hydrogen-bond acceptors (Lipinski definition) is 4. The number of benzene rings is 1. The largest absolute Gasteiger partial charge is 0.437 e. The van der Waals surface area contributed by atoms with Gasteiger partial charge >= 0.3 is 0 Å². The molecule has 0 saturated heterocycles. The average Bonchev–Trinajstić information content (AvgIpc) is 2.41. The van der Waals surface area contributed by atoms with Crippen molar-refractivity contribution in [3.63, 3.8) is 0 Å². The van der Waals surface area contributed by atoms with Crippen molar-refractivity contribution in [2.75, 3.05) is 7.05 Å². The molecule has 4 nitrogen and oxygen atoms in total. The predicted octanol–water partition coefficient (Wildman–Crippen LogP) is 3.87. The van der Waals surface area contributed by atoms with E-state index in [1.165, 1.54) is 0 Å². The Morgan fingerprint density at radius 1 is 1.30 bits per heavy atom. The lowest BCUT2D eigenvalue weighted by molar-refractivity contribution is 0.448.